The fourth-order valence-electron chi connectivity index (χ4n) is 1.87. The summed E-state index contributed by atoms with van der Waals surface area (Å²) in [5.74, 6) is 1.18. The molecule has 1 amide bonds. The van der Waals surface area contributed by atoms with Gasteiger partial charge in [-0.1, -0.05) is 20.8 Å². The second kappa shape index (κ2) is 5.80. The maximum Gasteiger partial charge on any atom is 0.223 e. The van der Waals surface area contributed by atoms with Crippen LogP contribution in [0.25, 0.3) is 0 Å². The van der Waals surface area contributed by atoms with Gasteiger partial charge in [0, 0.05) is 11.3 Å². The van der Waals surface area contributed by atoms with Gasteiger partial charge in [0.1, 0.15) is 5.01 Å². The second-order valence-corrected chi connectivity index (χ2v) is 6.19. The summed E-state index contributed by atoms with van der Waals surface area (Å²) >= 11 is 1.62. The van der Waals surface area contributed by atoms with Gasteiger partial charge in [0.25, 0.3) is 0 Å². The van der Waals surface area contributed by atoms with E-state index < -0.39 is 0 Å². The lowest BCUT2D eigenvalue weighted by Gasteiger charge is -2.31. The Bertz CT molecular complexity index is 412. The van der Waals surface area contributed by atoms with Gasteiger partial charge in [0.2, 0.25) is 5.91 Å². The van der Waals surface area contributed by atoms with Crippen LogP contribution in [0.15, 0.2) is 5.38 Å². The van der Waals surface area contributed by atoms with E-state index in [0.29, 0.717) is 18.4 Å². The third-order valence-electron chi connectivity index (χ3n) is 3.51. The van der Waals surface area contributed by atoms with Crippen LogP contribution in [0.1, 0.15) is 37.4 Å². The lowest BCUT2D eigenvalue weighted by molar-refractivity contribution is -0.126. The molecule has 18 heavy (non-hydrogen) atoms. The minimum absolute atomic E-state index is 0.0933. The molecule has 1 aromatic rings. The quantitative estimate of drug-likeness (QED) is 0.854. The predicted octanol–water partition coefficient (Wildman–Crippen LogP) is 1.74. The van der Waals surface area contributed by atoms with Crippen molar-refractivity contribution in [1.29, 1.82) is 0 Å². The first-order valence-corrected chi connectivity index (χ1v) is 7.38. The van der Waals surface area contributed by atoms with E-state index in [1.807, 2.05) is 6.92 Å². The highest BCUT2D eigenvalue weighted by atomic mass is 32.1. The Morgan fingerprint density at radius 2 is 2.28 bits per heavy atom. The predicted molar refractivity (Wildman–Crippen MR) is 73.6 cm³/mol. The molecule has 5 heteroatoms. The van der Waals surface area contributed by atoms with Crippen molar-refractivity contribution in [1.82, 2.24) is 15.6 Å². The number of thiazole rings is 1. The summed E-state index contributed by atoms with van der Waals surface area (Å²) in [6.45, 7) is 8.74. The molecule has 0 saturated carbocycles. The van der Waals surface area contributed by atoms with Crippen molar-refractivity contribution in [2.75, 3.05) is 13.1 Å². The van der Waals surface area contributed by atoms with E-state index in [1.54, 1.807) is 11.3 Å². The highest BCUT2D eigenvalue weighted by molar-refractivity contribution is 7.09. The topological polar surface area (TPSA) is 54.0 Å². The van der Waals surface area contributed by atoms with Gasteiger partial charge in [-0.15, -0.1) is 11.3 Å². The Morgan fingerprint density at radius 3 is 2.78 bits per heavy atom. The molecule has 1 unspecified atom stereocenters. The summed E-state index contributed by atoms with van der Waals surface area (Å²) < 4.78 is 0. The highest BCUT2D eigenvalue weighted by Gasteiger charge is 2.28. The van der Waals surface area contributed by atoms with Crippen LogP contribution in [0.4, 0.5) is 0 Å². The molecule has 0 bridgehead atoms. The van der Waals surface area contributed by atoms with Gasteiger partial charge >= 0.3 is 0 Å². The number of amides is 1. The van der Waals surface area contributed by atoms with E-state index in [4.69, 9.17) is 0 Å². The number of nitrogens with one attached hydrogen (secondary N) is 2. The van der Waals surface area contributed by atoms with Crippen LogP contribution < -0.4 is 10.6 Å². The molecular formula is C13H21N3OS. The first-order chi connectivity index (χ1) is 8.58. The van der Waals surface area contributed by atoms with E-state index in [1.165, 1.54) is 0 Å². The van der Waals surface area contributed by atoms with Crippen molar-refractivity contribution in [2.24, 2.45) is 11.8 Å². The maximum absolute atomic E-state index is 11.9. The number of carbonyl (C=O) groups is 1. The molecule has 0 radical (unpaired) electrons. The van der Waals surface area contributed by atoms with Crippen LogP contribution in [-0.4, -0.2) is 24.0 Å². The van der Waals surface area contributed by atoms with Crippen molar-refractivity contribution in [3.8, 4) is 0 Å². The summed E-state index contributed by atoms with van der Waals surface area (Å²) in [4.78, 5) is 16.4. The largest absolute Gasteiger partial charge is 0.349 e. The maximum atomic E-state index is 11.9. The molecular weight excluding hydrogens is 246 g/mol. The Labute approximate surface area is 112 Å². The Morgan fingerprint density at radius 1 is 1.56 bits per heavy atom. The molecule has 1 aliphatic heterocycles. The summed E-state index contributed by atoms with van der Waals surface area (Å²) in [6.07, 6.45) is 0. The summed E-state index contributed by atoms with van der Waals surface area (Å²) in [6, 6.07) is 0. The summed E-state index contributed by atoms with van der Waals surface area (Å²) in [5, 5.41) is 9.24. The molecule has 1 atom stereocenters. The standard InChI is InChI=1S/C13H21N3OS/c1-8(2)11-7-18-12(16-11)6-15-13(17)9(3)10-4-14-5-10/h7-10,14H,4-6H2,1-3H3,(H,15,17). The molecule has 2 rings (SSSR count). The van der Waals surface area contributed by atoms with Gasteiger partial charge < -0.3 is 10.6 Å². The molecule has 2 N–H and O–H groups in total. The van der Waals surface area contributed by atoms with Crippen LogP contribution in [0.2, 0.25) is 0 Å². The SMILES string of the molecule is CC(C)c1csc(CNC(=O)C(C)C2CNC2)n1. The third kappa shape index (κ3) is 3.09. The van der Waals surface area contributed by atoms with Crippen LogP contribution in [0, 0.1) is 11.8 Å². The van der Waals surface area contributed by atoms with Gasteiger partial charge in [-0.3, -0.25) is 4.79 Å². The van der Waals surface area contributed by atoms with Crippen LogP contribution >= 0.6 is 11.3 Å². The minimum Gasteiger partial charge on any atom is -0.349 e. The van der Waals surface area contributed by atoms with Crippen LogP contribution in [0.3, 0.4) is 0 Å². The first kappa shape index (κ1) is 13.5. The molecule has 1 fully saturated rings. The molecule has 0 aromatic carbocycles. The first-order valence-electron chi connectivity index (χ1n) is 6.50. The summed E-state index contributed by atoms with van der Waals surface area (Å²) in [5.41, 5.74) is 1.11. The highest BCUT2D eigenvalue weighted by Crippen LogP contribution is 2.18. The van der Waals surface area contributed by atoms with E-state index in [2.05, 4.69) is 34.8 Å². The van der Waals surface area contributed by atoms with Gasteiger partial charge in [-0.25, -0.2) is 4.98 Å². The van der Waals surface area contributed by atoms with Crippen LogP contribution in [0.5, 0.6) is 0 Å². The molecule has 0 spiro atoms. The van der Waals surface area contributed by atoms with Gasteiger partial charge in [-0.2, -0.15) is 0 Å². The fourth-order valence-corrected chi connectivity index (χ4v) is 2.77. The van der Waals surface area contributed by atoms with Crippen molar-refractivity contribution in [3.05, 3.63) is 16.1 Å². The van der Waals surface area contributed by atoms with E-state index in [9.17, 15) is 4.79 Å². The lowest BCUT2D eigenvalue weighted by Crippen LogP contribution is -2.49. The molecule has 100 valence electrons. The molecule has 0 aliphatic carbocycles. The fraction of sp³-hybridized carbons (Fsp3) is 0.692. The smallest absolute Gasteiger partial charge is 0.223 e. The monoisotopic (exact) mass is 267 g/mol. The van der Waals surface area contributed by atoms with E-state index in [-0.39, 0.29) is 11.8 Å². The molecule has 1 saturated heterocycles. The second-order valence-electron chi connectivity index (χ2n) is 5.25. The number of nitrogens with zero attached hydrogens (tertiary/aromatic N) is 1. The Kier molecular flexibility index (Phi) is 4.35. The number of carbonyl (C=O) groups excluding carboxylic acids is 1. The number of hydrogen-bond donors (Lipinski definition) is 2. The zero-order chi connectivity index (χ0) is 13.1. The molecule has 1 aliphatic rings. The number of aromatic nitrogens is 1. The third-order valence-corrected chi connectivity index (χ3v) is 4.38. The van der Waals surface area contributed by atoms with E-state index >= 15 is 0 Å². The van der Waals surface area contributed by atoms with Crippen molar-refractivity contribution >= 4 is 17.2 Å². The summed E-state index contributed by atoms with van der Waals surface area (Å²) in [7, 11) is 0. The Balaban J connectivity index is 1.81. The minimum atomic E-state index is 0.0933. The van der Waals surface area contributed by atoms with Crippen LogP contribution in [-0.2, 0) is 11.3 Å². The average Bonchev–Trinajstić information content (AvgIpc) is 2.72. The Hall–Kier alpha value is -0.940. The van der Waals surface area contributed by atoms with Gasteiger partial charge in [0.05, 0.1) is 12.2 Å². The molecule has 4 nitrogen and oxygen atoms in total. The van der Waals surface area contributed by atoms with E-state index in [0.717, 1.165) is 23.8 Å². The van der Waals surface area contributed by atoms with Crippen molar-refractivity contribution < 1.29 is 4.79 Å². The number of hydrogen-bond acceptors (Lipinski definition) is 4. The average molecular weight is 267 g/mol. The zero-order valence-electron chi connectivity index (χ0n) is 11.2. The van der Waals surface area contributed by atoms with Gasteiger partial charge in [0.15, 0.2) is 0 Å². The lowest BCUT2D eigenvalue weighted by atomic mass is 9.88. The van der Waals surface area contributed by atoms with Crippen molar-refractivity contribution in [3.63, 3.8) is 0 Å². The normalized spacial score (nSPS) is 17.6. The molecule has 2 heterocycles. The zero-order valence-corrected chi connectivity index (χ0v) is 12.0. The van der Waals surface area contributed by atoms with Gasteiger partial charge in [-0.05, 0) is 24.9 Å². The number of rotatable bonds is 5. The van der Waals surface area contributed by atoms with Crippen molar-refractivity contribution in [2.45, 2.75) is 33.2 Å². The molecule has 1 aromatic heterocycles.